The maximum atomic E-state index is 12.9. The predicted molar refractivity (Wildman–Crippen MR) is 142 cm³/mol. The summed E-state index contributed by atoms with van der Waals surface area (Å²) in [6.07, 6.45) is 0. The van der Waals surface area contributed by atoms with Gasteiger partial charge in [0.25, 0.3) is 11.8 Å². The number of hydrogen-bond donors (Lipinski definition) is 1. The van der Waals surface area contributed by atoms with E-state index in [0.29, 0.717) is 49.1 Å². The van der Waals surface area contributed by atoms with E-state index in [2.05, 4.69) is 10.2 Å². The second kappa shape index (κ2) is 11.6. The minimum atomic E-state index is -0.228. The van der Waals surface area contributed by atoms with Crippen LogP contribution >= 0.6 is 0 Å². The minimum absolute atomic E-state index is 0.0774. The first kappa shape index (κ1) is 25.1. The van der Waals surface area contributed by atoms with E-state index < -0.39 is 0 Å². The highest BCUT2D eigenvalue weighted by atomic mass is 16.5. The maximum Gasteiger partial charge on any atom is 0.255 e. The molecule has 4 rings (SSSR count). The molecule has 0 unspecified atom stereocenters. The summed E-state index contributed by atoms with van der Waals surface area (Å²) in [6.45, 7) is 9.68. The van der Waals surface area contributed by atoms with Gasteiger partial charge in [-0.3, -0.25) is 9.59 Å². The molecule has 1 saturated heterocycles. The van der Waals surface area contributed by atoms with Crippen LogP contribution in [0.3, 0.4) is 0 Å². The summed E-state index contributed by atoms with van der Waals surface area (Å²) in [5.74, 6) is 1.05. The molecule has 7 nitrogen and oxygen atoms in total. The highest BCUT2D eigenvalue weighted by Crippen LogP contribution is 2.25. The lowest BCUT2D eigenvalue weighted by atomic mass is 10.1. The number of piperazine rings is 1. The van der Waals surface area contributed by atoms with Crippen LogP contribution in [-0.4, -0.2) is 56.1 Å². The van der Waals surface area contributed by atoms with Gasteiger partial charge in [0.1, 0.15) is 11.5 Å². The monoisotopic (exact) mass is 487 g/mol. The molecule has 1 fully saturated rings. The van der Waals surface area contributed by atoms with Crippen molar-refractivity contribution in [1.82, 2.24) is 4.90 Å². The van der Waals surface area contributed by atoms with Crippen molar-refractivity contribution in [2.45, 2.75) is 20.8 Å². The SMILES string of the molecule is CCOc1cc(OCC)cc(C(=O)Nc2ccc(N3CCN(C(=O)c4ccc(C)cc4)CC3)cc2)c1. The number of nitrogens with zero attached hydrogens (tertiary/aromatic N) is 2. The Kier molecular flexibility index (Phi) is 8.10. The Hall–Kier alpha value is -4.00. The van der Waals surface area contributed by atoms with Crippen LogP contribution in [0.5, 0.6) is 11.5 Å². The standard InChI is InChI=1S/C29H33N3O4/c1-4-35-26-18-23(19-27(20-26)36-5-2)28(33)30-24-10-12-25(13-11-24)31-14-16-32(17-15-31)29(34)22-8-6-21(3)7-9-22/h6-13,18-20H,4-5,14-17H2,1-3H3,(H,30,33). The molecule has 1 aliphatic rings. The average Bonchev–Trinajstić information content (AvgIpc) is 2.89. The van der Waals surface area contributed by atoms with Crippen molar-refractivity contribution in [2.75, 3.05) is 49.6 Å². The molecule has 36 heavy (non-hydrogen) atoms. The van der Waals surface area contributed by atoms with Crippen LogP contribution < -0.4 is 19.7 Å². The molecule has 0 radical (unpaired) electrons. The van der Waals surface area contributed by atoms with E-state index in [0.717, 1.165) is 29.9 Å². The third-order valence-corrected chi connectivity index (χ3v) is 6.12. The lowest BCUT2D eigenvalue weighted by Crippen LogP contribution is -2.48. The third-order valence-electron chi connectivity index (χ3n) is 6.12. The van der Waals surface area contributed by atoms with Gasteiger partial charge in [-0.1, -0.05) is 17.7 Å². The summed E-state index contributed by atoms with van der Waals surface area (Å²) < 4.78 is 11.2. The first-order chi connectivity index (χ1) is 17.5. The molecule has 2 amide bonds. The predicted octanol–water partition coefficient (Wildman–Crippen LogP) is 5.01. The highest BCUT2D eigenvalue weighted by Gasteiger charge is 2.22. The number of benzene rings is 3. The van der Waals surface area contributed by atoms with Gasteiger partial charge < -0.3 is 24.6 Å². The fourth-order valence-electron chi connectivity index (χ4n) is 4.21. The Labute approximate surface area is 212 Å². The number of nitrogens with one attached hydrogen (secondary N) is 1. The Bertz CT molecular complexity index is 1160. The molecule has 1 N–H and O–H groups in total. The summed E-state index contributed by atoms with van der Waals surface area (Å²) in [5, 5.41) is 2.95. The zero-order valence-corrected chi connectivity index (χ0v) is 21.1. The molecule has 0 atom stereocenters. The first-order valence-electron chi connectivity index (χ1n) is 12.4. The minimum Gasteiger partial charge on any atom is -0.494 e. The topological polar surface area (TPSA) is 71.1 Å². The van der Waals surface area contributed by atoms with E-state index in [1.165, 1.54) is 0 Å². The van der Waals surface area contributed by atoms with Crippen molar-refractivity contribution in [3.05, 3.63) is 83.4 Å². The Morgan fingerprint density at radius 3 is 1.92 bits per heavy atom. The molecule has 188 valence electrons. The van der Waals surface area contributed by atoms with Crippen LogP contribution in [0, 0.1) is 6.92 Å². The lowest BCUT2D eigenvalue weighted by Gasteiger charge is -2.36. The number of hydrogen-bond acceptors (Lipinski definition) is 5. The lowest BCUT2D eigenvalue weighted by molar-refractivity contribution is 0.0746. The summed E-state index contributed by atoms with van der Waals surface area (Å²) in [6, 6.07) is 20.7. The highest BCUT2D eigenvalue weighted by molar-refractivity contribution is 6.04. The molecule has 1 heterocycles. The van der Waals surface area contributed by atoms with Gasteiger partial charge in [-0.25, -0.2) is 0 Å². The Morgan fingerprint density at radius 2 is 1.36 bits per heavy atom. The number of carbonyl (C=O) groups excluding carboxylic acids is 2. The molecule has 0 aromatic heterocycles. The Balaban J connectivity index is 1.35. The summed E-state index contributed by atoms with van der Waals surface area (Å²) >= 11 is 0. The fraction of sp³-hybridized carbons (Fsp3) is 0.310. The first-order valence-corrected chi connectivity index (χ1v) is 12.4. The molecular weight excluding hydrogens is 454 g/mol. The van der Waals surface area contributed by atoms with Gasteiger partial charge in [-0.05, 0) is 69.3 Å². The van der Waals surface area contributed by atoms with E-state index in [1.54, 1.807) is 18.2 Å². The van der Waals surface area contributed by atoms with Gasteiger partial charge in [-0.15, -0.1) is 0 Å². The number of ether oxygens (including phenoxy) is 2. The molecule has 1 aliphatic heterocycles. The fourth-order valence-corrected chi connectivity index (χ4v) is 4.21. The van der Waals surface area contributed by atoms with E-state index in [1.807, 2.05) is 74.2 Å². The number of rotatable bonds is 8. The summed E-state index contributed by atoms with van der Waals surface area (Å²) in [5.41, 5.74) is 4.12. The van der Waals surface area contributed by atoms with Crippen LogP contribution in [0.25, 0.3) is 0 Å². The molecule has 0 saturated carbocycles. The zero-order valence-electron chi connectivity index (χ0n) is 21.1. The number of carbonyl (C=O) groups is 2. The van der Waals surface area contributed by atoms with Gasteiger partial charge in [0, 0.05) is 54.7 Å². The quantitative estimate of drug-likeness (QED) is 0.484. The van der Waals surface area contributed by atoms with Crippen molar-refractivity contribution >= 4 is 23.2 Å². The van der Waals surface area contributed by atoms with E-state index in [9.17, 15) is 9.59 Å². The van der Waals surface area contributed by atoms with Gasteiger partial charge in [-0.2, -0.15) is 0 Å². The average molecular weight is 488 g/mol. The molecule has 3 aromatic carbocycles. The van der Waals surface area contributed by atoms with Crippen LogP contribution in [0.4, 0.5) is 11.4 Å². The van der Waals surface area contributed by atoms with Crippen molar-refractivity contribution in [2.24, 2.45) is 0 Å². The second-order valence-electron chi connectivity index (χ2n) is 8.71. The van der Waals surface area contributed by atoms with Crippen LogP contribution in [-0.2, 0) is 0 Å². The largest absolute Gasteiger partial charge is 0.494 e. The van der Waals surface area contributed by atoms with Crippen LogP contribution in [0.1, 0.15) is 40.1 Å². The normalized spacial score (nSPS) is 13.3. The maximum absolute atomic E-state index is 12.9. The van der Waals surface area contributed by atoms with Crippen molar-refractivity contribution < 1.29 is 19.1 Å². The summed E-state index contributed by atoms with van der Waals surface area (Å²) in [7, 11) is 0. The number of anilines is 2. The zero-order chi connectivity index (χ0) is 25.5. The molecule has 0 bridgehead atoms. The van der Waals surface area contributed by atoms with Gasteiger partial charge in [0.15, 0.2) is 0 Å². The van der Waals surface area contributed by atoms with E-state index in [-0.39, 0.29) is 11.8 Å². The number of aryl methyl sites for hydroxylation is 1. The van der Waals surface area contributed by atoms with Gasteiger partial charge in [0.2, 0.25) is 0 Å². The second-order valence-corrected chi connectivity index (χ2v) is 8.71. The molecular formula is C29H33N3O4. The molecule has 0 aliphatic carbocycles. The van der Waals surface area contributed by atoms with Crippen LogP contribution in [0.2, 0.25) is 0 Å². The van der Waals surface area contributed by atoms with Crippen molar-refractivity contribution in [3.8, 4) is 11.5 Å². The van der Waals surface area contributed by atoms with Crippen LogP contribution in [0.15, 0.2) is 66.7 Å². The Morgan fingerprint density at radius 1 is 0.778 bits per heavy atom. The third kappa shape index (κ3) is 6.16. The smallest absolute Gasteiger partial charge is 0.255 e. The van der Waals surface area contributed by atoms with E-state index >= 15 is 0 Å². The summed E-state index contributed by atoms with van der Waals surface area (Å²) in [4.78, 5) is 29.8. The van der Waals surface area contributed by atoms with Gasteiger partial charge in [0.05, 0.1) is 13.2 Å². The molecule has 0 spiro atoms. The van der Waals surface area contributed by atoms with Gasteiger partial charge >= 0.3 is 0 Å². The van der Waals surface area contributed by atoms with Crippen molar-refractivity contribution in [1.29, 1.82) is 0 Å². The number of amides is 2. The van der Waals surface area contributed by atoms with E-state index in [4.69, 9.17) is 9.47 Å². The van der Waals surface area contributed by atoms with Crippen molar-refractivity contribution in [3.63, 3.8) is 0 Å². The molecule has 3 aromatic rings. The molecule has 7 heteroatoms.